The smallest absolute Gasteiger partial charge is 0.233 e. The number of piperidine rings is 1. The summed E-state index contributed by atoms with van der Waals surface area (Å²) >= 11 is 0. The molecule has 116 valence electrons. The minimum absolute atomic E-state index is 0.117. The molecule has 20 heavy (non-hydrogen) atoms. The molecule has 4 heteroatoms. The van der Waals surface area contributed by atoms with Crippen LogP contribution in [0.2, 0.25) is 0 Å². The average Bonchev–Trinajstić information content (AvgIpc) is 2.40. The van der Waals surface area contributed by atoms with Crippen molar-refractivity contribution >= 4 is 5.91 Å². The lowest BCUT2D eigenvalue weighted by atomic mass is 10.0. The average molecular weight is 281 g/mol. The Morgan fingerprint density at radius 1 is 1.35 bits per heavy atom. The van der Waals surface area contributed by atoms with Gasteiger partial charge in [-0.3, -0.25) is 9.69 Å². The summed E-state index contributed by atoms with van der Waals surface area (Å²) in [5, 5.41) is 6.41. The molecule has 1 saturated heterocycles. The third kappa shape index (κ3) is 7.06. The van der Waals surface area contributed by atoms with Gasteiger partial charge in [0.15, 0.2) is 0 Å². The predicted octanol–water partition coefficient (Wildman–Crippen LogP) is 1.92. The lowest BCUT2D eigenvalue weighted by Gasteiger charge is -2.33. The highest BCUT2D eigenvalue weighted by molar-refractivity contribution is 5.77. The number of likely N-dealkylation sites (tertiary alicyclic amines) is 1. The number of hydrogen-bond acceptors (Lipinski definition) is 3. The minimum Gasteiger partial charge on any atom is -0.358 e. The van der Waals surface area contributed by atoms with Crippen LogP contribution in [-0.4, -0.2) is 49.6 Å². The van der Waals surface area contributed by atoms with Gasteiger partial charge in [0.05, 0.1) is 6.54 Å². The summed E-state index contributed by atoms with van der Waals surface area (Å²) in [5.74, 6) is 0.117. The molecule has 1 amide bonds. The van der Waals surface area contributed by atoms with Gasteiger partial charge in [0.1, 0.15) is 0 Å². The second-order valence-corrected chi connectivity index (χ2v) is 6.15. The van der Waals surface area contributed by atoms with E-state index in [1.165, 1.54) is 12.0 Å². The third-order valence-corrected chi connectivity index (χ3v) is 3.91. The summed E-state index contributed by atoms with van der Waals surface area (Å²) in [7, 11) is 1.70. The Morgan fingerprint density at radius 3 is 2.55 bits per heavy atom. The number of rotatable bonds is 7. The first-order chi connectivity index (χ1) is 9.51. The SMILES string of the molecule is CNC(=O)CN1CCC(N[C@H](C)CCC=C(C)C)CC1. The first-order valence-electron chi connectivity index (χ1n) is 7.83. The summed E-state index contributed by atoms with van der Waals surface area (Å²) in [5.41, 5.74) is 1.40. The van der Waals surface area contributed by atoms with Gasteiger partial charge in [-0.15, -0.1) is 0 Å². The lowest BCUT2D eigenvalue weighted by Crippen LogP contribution is -2.47. The molecule has 0 aromatic rings. The summed E-state index contributed by atoms with van der Waals surface area (Å²) in [6.45, 7) is 9.16. The van der Waals surface area contributed by atoms with Crippen LogP contribution >= 0.6 is 0 Å². The van der Waals surface area contributed by atoms with Gasteiger partial charge < -0.3 is 10.6 Å². The molecule has 0 aliphatic carbocycles. The maximum Gasteiger partial charge on any atom is 0.233 e. The standard InChI is InChI=1S/C16H31N3O/c1-13(2)6-5-7-14(3)18-15-8-10-19(11-9-15)12-16(20)17-4/h6,14-15,18H,5,7-12H2,1-4H3,(H,17,20)/t14-/m1/s1. The number of carbonyl (C=O) groups excluding carboxylic acids is 1. The number of hydrogen-bond donors (Lipinski definition) is 2. The predicted molar refractivity (Wildman–Crippen MR) is 84.8 cm³/mol. The quantitative estimate of drug-likeness (QED) is 0.701. The fraction of sp³-hybridized carbons (Fsp3) is 0.812. The molecule has 0 aromatic heterocycles. The van der Waals surface area contributed by atoms with Gasteiger partial charge in [-0.05, 0) is 46.5 Å². The number of allylic oxidation sites excluding steroid dienone is 2. The van der Waals surface area contributed by atoms with E-state index >= 15 is 0 Å². The van der Waals surface area contributed by atoms with Crippen LogP contribution in [0, 0.1) is 0 Å². The summed E-state index contributed by atoms with van der Waals surface area (Å²) in [4.78, 5) is 13.6. The maximum absolute atomic E-state index is 11.3. The first-order valence-corrected chi connectivity index (χ1v) is 7.83. The largest absolute Gasteiger partial charge is 0.358 e. The molecule has 1 aliphatic rings. The molecule has 1 rings (SSSR count). The van der Waals surface area contributed by atoms with E-state index in [4.69, 9.17) is 0 Å². The number of carbonyl (C=O) groups is 1. The van der Waals surface area contributed by atoms with Crippen molar-refractivity contribution in [1.82, 2.24) is 15.5 Å². The number of nitrogens with zero attached hydrogens (tertiary/aromatic N) is 1. The van der Waals surface area contributed by atoms with E-state index in [1.54, 1.807) is 7.05 Å². The zero-order valence-electron chi connectivity index (χ0n) is 13.5. The molecule has 0 radical (unpaired) electrons. The molecule has 1 fully saturated rings. The molecular weight excluding hydrogens is 250 g/mol. The first kappa shape index (κ1) is 17.2. The number of amides is 1. The van der Waals surface area contributed by atoms with Crippen LogP contribution in [0.25, 0.3) is 0 Å². The van der Waals surface area contributed by atoms with Crippen molar-refractivity contribution in [3.63, 3.8) is 0 Å². The summed E-state index contributed by atoms with van der Waals surface area (Å²) in [6, 6.07) is 1.18. The molecule has 0 spiro atoms. The van der Waals surface area contributed by atoms with Crippen molar-refractivity contribution < 1.29 is 4.79 Å². The van der Waals surface area contributed by atoms with Crippen molar-refractivity contribution in [2.24, 2.45) is 0 Å². The Labute approximate surface area is 124 Å². The zero-order chi connectivity index (χ0) is 15.0. The van der Waals surface area contributed by atoms with Gasteiger partial charge in [0.2, 0.25) is 5.91 Å². The van der Waals surface area contributed by atoms with E-state index in [2.05, 4.69) is 42.4 Å². The van der Waals surface area contributed by atoms with Crippen LogP contribution in [0.1, 0.15) is 46.5 Å². The van der Waals surface area contributed by atoms with E-state index in [0.717, 1.165) is 32.4 Å². The van der Waals surface area contributed by atoms with E-state index in [1.807, 2.05) is 0 Å². The fourth-order valence-corrected chi connectivity index (χ4v) is 2.65. The normalized spacial score (nSPS) is 18.6. The van der Waals surface area contributed by atoms with E-state index in [-0.39, 0.29) is 5.91 Å². The fourth-order valence-electron chi connectivity index (χ4n) is 2.65. The van der Waals surface area contributed by atoms with Crippen LogP contribution < -0.4 is 10.6 Å². The Hall–Kier alpha value is -0.870. The van der Waals surface area contributed by atoms with Crippen molar-refractivity contribution in [2.45, 2.75) is 58.5 Å². The highest BCUT2D eigenvalue weighted by Gasteiger charge is 2.21. The maximum atomic E-state index is 11.3. The summed E-state index contributed by atoms with van der Waals surface area (Å²) < 4.78 is 0. The zero-order valence-corrected chi connectivity index (χ0v) is 13.5. The molecule has 0 bridgehead atoms. The van der Waals surface area contributed by atoms with Gasteiger partial charge in [0, 0.05) is 32.2 Å². The van der Waals surface area contributed by atoms with Crippen molar-refractivity contribution in [3.05, 3.63) is 11.6 Å². The molecule has 4 nitrogen and oxygen atoms in total. The van der Waals surface area contributed by atoms with E-state index in [0.29, 0.717) is 18.6 Å². The third-order valence-electron chi connectivity index (χ3n) is 3.91. The Morgan fingerprint density at radius 2 is 2.00 bits per heavy atom. The van der Waals surface area contributed by atoms with Gasteiger partial charge in [-0.1, -0.05) is 11.6 Å². The van der Waals surface area contributed by atoms with Crippen molar-refractivity contribution in [2.75, 3.05) is 26.7 Å². The molecule has 1 atom stereocenters. The van der Waals surface area contributed by atoms with E-state index in [9.17, 15) is 4.79 Å². The molecule has 0 saturated carbocycles. The van der Waals surface area contributed by atoms with Crippen LogP contribution in [0.5, 0.6) is 0 Å². The van der Waals surface area contributed by atoms with Gasteiger partial charge in [-0.25, -0.2) is 0 Å². The molecule has 0 aromatic carbocycles. The number of nitrogens with one attached hydrogen (secondary N) is 2. The van der Waals surface area contributed by atoms with Gasteiger partial charge in [-0.2, -0.15) is 0 Å². The Kier molecular flexibility index (Phi) is 7.85. The highest BCUT2D eigenvalue weighted by Crippen LogP contribution is 2.12. The number of likely N-dealkylation sites (N-methyl/N-ethyl adjacent to an activating group) is 1. The molecule has 0 unspecified atom stereocenters. The van der Waals surface area contributed by atoms with Crippen LogP contribution in [0.3, 0.4) is 0 Å². The Balaban J connectivity index is 2.18. The van der Waals surface area contributed by atoms with Gasteiger partial charge >= 0.3 is 0 Å². The topological polar surface area (TPSA) is 44.4 Å². The molecule has 1 heterocycles. The van der Waals surface area contributed by atoms with Crippen molar-refractivity contribution in [1.29, 1.82) is 0 Å². The molecule has 1 aliphatic heterocycles. The van der Waals surface area contributed by atoms with Crippen molar-refractivity contribution in [3.8, 4) is 0 Å². The Bertz CT molecular complexity index is 316. The summed E-state index contributed by atoms with van der Waals surface area (Å²) in [6.07, 6.45) is 6.95. The highest BCUT2D eigenvalue weighted by atomic mass is 16.1. The molecular formula is C16H31N3O. The van der Waals surface area contributed by atoms with E-state index < -0.39 is 0 Å². The van der Waals surface area contributed by atoms with Crippen LogP contribution in [-0.2, 0) is 4.79 Å². The second kappa shape index (κ2) is 9.14. The minimum atomic E-state index is 0.117. The van der Waals surface area contributed by atoms with Crippen LogP contribution in [0.4, 0.5) is 0 Å². The van der Waals surface area contributed by atoms with Gasteiger partial charge in [0.25, 0.3) is 0 Å². The monoisotopic (exact) mass is 281 g/mol. The molecule has 2 N–H and O–H groups in total. The lowest BCUT2D eigenvalue weighted by molar-refractivity contribution is -0.122. The van der Waals surface area contributed by atoms with Crippen LogP contribution in [0.15, 0.2) is 11.6 Å². The second-order valence-electron chi connectivity index (χ2n) is 6.15.